The highest BCUT2D eigenvalue weighted by Gasteiger charge is 2.28. The number of hydrogen-bond donors (Lipinski definition) is 1. The van der Waals surface area contributed by atoms with Gasteiger partial charge in [-0.25, -0.2) is 4.79 Å². The number of hydrogen-bond acceptors (Lipinski definition) is 3. The van der Waals surface area contributed by atoms with E-state index in [-0.39, 0.29) is 6.03 Å². The first kappa shape index (κ1) is 17.2. The van der Waals surface area contributed by atoms with Crippen molar-refractivity contribution in [3.8, 4) is 0 Å². The first-order valence-electron chi connectivity index (χ1n) is 9.80. The third kappa shape index (κ3) is 3.98. The molecule has 25 heavy (non-hydrogen) atoms. The predicted octanol–water partition coefficient (Wildman–Crippen LogP) is 3.61. The molecule has 2 heterocycles. The fourth-order valence-corrected chi connectivity index (χ4v) is 5.40. The van der Waals surface area contributed by atoms with E-state index < -0.39 is 0 Å². The molecule has 1 N–H and O–H groups in total. The van der Waals surface area contributed by atoms with Crippen LogP contribution in [0.1, 0.15) is 36.8 Å². The van der Waals surface area contributed by atoms with Crippen LogP contribution in [0.5, 0.6) is 0 Å². The predicted molar refractivity (Wildman–Crippen MR) is 106 cm³/mol. The number of piperidine rings is 1. The van der Waals surface area contributed by atoms with Crippen LogP contribution in [0.3, 0.4) is 0 Å². The smallest absolute Gasteiger partial charge is 0.321 e. The zero-order valence-corrected chi connectivity index (χ0v) is 15.8. The third-order valence-corrected chi connectivity index (χ3v) is 6.89. The van der Waals surface area contributed by atoms with Gasteiger partial charge in [0.25, 0.3) is 0 Å². The molecule has 0 aromatic heterocycles. The lowest BCUT2D eigenvalue weighted by Crippen LogP contribution is -2.49. The van der Waals surface area contributed by atoms with Gasteiger partial charge in [0.05, 0.1) is 0 Å². The monoisotopic (exact) mass is 359 g/mol. The Kier molecular flexibility index (Phi) is 5.51. The maximum absolute atomic E-state index is 12.7. The molecule has 4 nitrogen and oxygen atoms in total. The molecule has 2 fully saturated rings. The van der Waals surface area contributed by atoms with Crippen molar-refractivity contribution in [1.29, 1.82) is 0 Å². The van der Waals surface area contributed by atoms with E-state index in [4.69, 9.17) is 0 Å². The van der Waals surface area contributed by atoms with E-state index in [1.54, 1.807) is 0 Å². The number of benzene rings is 1. The molecule has 1 aromatic rings. The van der Waals surface area contributed by atoms with Crippen molar-refractivity contribution in [2.45, 2.75) is 44.6 Å². The molecule has 4 rings (SSSR count). The van der Waals surface area contributed by atoms with E-state index in [9.17, 15) is 4.79 Å². The highest BCUT2D eigenvalue weighted by atomic mass is 32.2. The van der Waals surface area contributed by atoms with Gasteiger partial charge in [0.1, 0.15) is 0 Å². The van der Waals surface area contributed by atoms with Gasteiger partial charge >= 0.3 is 6.03 Å². The molecule has 2 saturated heterocycles. The zero-order valence-electron chi connectivity index (χ0n) is 15.0. The van der Waals surface area contributed by atoms with Gasteiger partial charge in [-0.2, -0.15) is 11.8 Å². The summed E-state index contributed by atoms with van der Waals surface area (Å²) in [6.45, 7) is 4.21. The lowest BCUT2D eigenvalue weighted by Gasteiger charge is -2.40. The highest BCUT2D eigenvalue weighted by Crippen LogP contribution is 2.28. The number of amides is 2. The number of thioether (sulfide) groups is 1. The zero-order chi connectivity index (χ0) is 17.1. The first-order chi connectivity index (χ1) is 12.3. The summed E-state index contributed by atoms with van der Waals surface area (Å²) in [6, 6.07) is 7.13. The molecule has 2 amide bonds. The van der Waals surface area contributed by atoms with Gasteiger partial charge in [0, 0.05) is 49.4 Å². The lowest BCUT2D eigenvalue weighted by atomic mass is 9.90. The van der Waals surface area contributed by atoms with Crippen LogP contribution in [-0.4, -0.2) is 59.6 Å². The Hall–Kier alpha value is -1.20. The third-order valence-electron chi connectivity index (χ3n) is 5.95. The first-order valence-corrected chi connectivity index (χ1v) is 11.0. The van der Waals surface area contributed by atoms with Crippen molar-refractivity contribution in [3.63, 3.8) is 0 Å². The Labute approximate surface area is 155 Å². The van der Waals surface area contributed by atoms with E-state index in [1.165, 1.54) is 48.6 Å². The standard InChI is InChI=1S/C20H29N3OS/c24-20(21-19-7-3-5-16-4-1-2-6-18(16)19)23-10-8-17(9-11-23)22-12-14-25-15-13-22/h3,5,7,17H,1-2,4,6,8-15H2,(H,21,24). The molecule has 0 spiro atoms. The van der Waals surface area contributed by atoms with Crippen LogP contribution in [0, 0.1) is 0 Å². The number of fused-ring (bicyclic) bond motifs is 1. The van der Waals surface area contributed by atoms with E-state index >= 15 is 0 Å². The molecule has 136 valence electrons. The van der Waals surface area contributed by atoms with E-state index in [1.807, 2.05) is 4.90 Å². The second kappa shape index (κ2) is 8.00. The largest absolute Gasteiger partial charge is 0.324 e. The minimum atomic E-state index is 0.0895. The highest BCUT2D eigenvalue weighted by molar-refractivity contribution is 7.99. The molecule has 3 aliphatic rings. The molecule has 0 radical (unpaired) electrons. The van der Waals surface area contributed by atoms with Crippen molar-refractivity contribution in [2.75, 3.05) is 43.0 Å². The summed E-state index contributed by atoms with van der Waals surface area (Å²) in [5.41, 5.74) is 3.82. The Bertz CT molecular complexity index is 607. The van der Waals surface area contributed by atoms with Crippen molar-refractivity contribution in [1.82, 2.24) is 9.80 Å². The Morgan fingerprint density at radius 1 is 1.04 bits per heavy atom. The fourth-order valence-electron chi connectivity index (χ4n) is 4.47. The van der Waals surface area contributed by atoms with E-state index in [0.29, 0.717) is 6.04 Å². The molecule has 2 aliphatic heterocycles. The number of urea groups is 1. The average Bonchev–Trinajstić information content (AvgIpc) is 2.69. The molecule has 5 heteroatoms. The molecule has 0 saturated carbocycles. The number of rotatable bonds is 2. The van der Waals surface area contributed by atoms with Crippen LogP contribution in [-0.2, 0) is 12.8 Å². The van der Waals surface area contributed by atoms with Crippen LogP contribution in [0.15, 0.2) is 18.2 Å². The fraction of sp³-hybridized carbons (Fsp3) is 0.650. The van der Waals surface area contributed by atoms with E-state index in [0.717, 1.165) is 44.5 Å². The second-order valence-electron chi connectivity index (χ2n) is 7.45. The van der Waals surface area contributed by atoms with Crippen LogP contribution < -0.4 is 5.32 Å². The second-order valence-corrected chi connectivity index (χ2v) is 8.67. The average molecular weight is 360 g/mol. The van der Waals surface area contributed by atoms with Gasteiger partial charge in [-0.05, 0) is 55.7 Å². The summed E-state index contributed by atoms with van der Waals surface area (Å²) >= 11 is 2.06. The van der Waals surface area contributed by atoms with Gasteiger partial charge in [0.15, 0.2) is 0 Å². The molecule has 0 atom stereocenters. The van der Waals surface area contributed by atoms with Crippen LogP contribution in [0.4, 0.5) is 10.5 Å². The van der Waals surface area contributed by atoms with Crippen LogP contribution in [0.25, 0.3) is 0 Å². The minimum Gasteiger partial charge on any atom is -0.324 e. The number of likely N-dealkylation sites (tertiary alicyclic amines) is 1. The molecule has 0 bridgehead atoms. The van der Waals surface area contributed by atoms with E-state index in [2.05, 4.69) is 40.2 Å². The quantitative estimate of drug-likeness (QED) is 0.876. The summed E-state index contributed by atoms with van der Waals surface area (Å²) in [7, 11) is 0. The summed E-state index contributed by atoms with van der Waals surface area (Å²) in [6.07, 6.45) is 6.99. The van der Waals surface area contributed by atoms with Crippen molar-refractivity contribution >= 4 is 23.5 Å². The number of anilines is 1. The number of carbonyl (C=O) groups excluding carboxylic acids is 1. The number of aryl methyl sites for hydroxylation is 1. The SMILES string of the molecule is O=C(Nc1cccc2c1CCCC2)N1CCC(N2CCSCC2)CC1. The molecule has 1 aliphatic carbocycles. The van der Waals surface area contributed by atoms with Crippen molar-refractivity contribution in [3.05, 3.63) is 29.3 Å². The Balaban J connectivity index is 1.34. The van der Waals surface area contributed by atoms with Gasteiger partial charge in [-0.1, -0.05) is 12.1 Å². The minimum absolute atomic E-state index is 0.0895. The topological polar surface area (TPSA) is 35.6 Å². The maximum atomic E-state index is 12.7. The molecule has 1 aromatic carbocycles. The number of nitrogens with zero attached hydrogens (tertiary/aromatic N) is 2. The number of carbonyl (C=O) groups is 1. The van der Waals surface area contributed by atoms with Gasteiger partial charge in [0.2, 0.25) is 0 Å². The van der Waals surface area contributed by atoms with Crippen LogP contribution >= 0.6 is 11.8 Å². The van der Waals surface area contributed by atoms with Crippen molar-refractivity contribution < 1.29 is 4.79 Å². The lowest BCUT2D eigenvalue weighted by molar-refractivity contribution is 0.130. The maximum Gasteiger partial charge on any atom is 0.321 e. The van der Waals surface area contributed by atoms with Gasteiger partial charge < -0.3 is 10.2 Å². The number of nitrogens with one attached hydrogen (secondary N) is 1. The summed E-state index contributed by atoms with van der Waals surface area (Å²) in [5, 5.41) is 3.20. The van der Waals surface area contributed by atoms with Crippen LogP contribution in [0.2, 0.25) is 0 Å². The Morgan fingerprint density at radius 3 is 2.60 bits per heavy atom. The summed E-state index contributed by atoms with van der Waals surface area (Å²) in [4.78, 5) is 17.4. The molecular formula is C20H29N3OS. The molecule has 0 unspecified atom stereocenters. The van der Waals surface area contributed by atoms with Gasteiger partial charge in [-0.3, -0.25) is 4.90 Å². The summed E-state index contributed by atoms with van der Waals surface area (Å²) < 4.78 is 0. The summed E-state index contributed by atoms with van der Waals surface area (Å²) in [5.74, 6) is 2.53. The molecular weight excluding hydrogens is 330 g/mol. The Morgan fingerprint density at radius 2 is 1.80 bits per heavy atom. The normalized spacial score (nSPS) is 22.5. The van der Waals surface area contributed by atoms with Gasteiger partial charge in [-0.15, -0.1) is 0 Å². The van der Waals surface area contributed by atoms with Crippen molar-refractivity contribution in [2.24, 2.45) is 0 Å².